The van der Waals surface area contributed by atoms with Gasteiger partial charge in [0.1, 0.15) is 11.4 Å². The van der Waals surface area contributed by atoms with E-state index in [1.165, 1.54) is 0 Å². The van der Waals surface area contributed by atoms with Crippen LogP contribution in [-0.4, -0.2) is 58.7 Å². The van der Waals surface area contributed by atoms with E-state index in [1.54, 1.807) is 0 Å². The molecule has 33 heavy (non-hydrogen) atoms. The summed E-state index contributed by atoms with van der Waals surface area (Å²) < 4.78 is 90.5. The van der Waals surface area contributed by atoms with Gasteiger partial charge in [-0.1, -0.05) is 0 Å². The Labute approximate surface area is 182 Å². The first-order chi connectivity index (χ1) is 15.1. The molecule has 2 heterocycles. The normalized spacial score (nSPS) is 14.4. The summed E-state index contributed by atoms with van der Waals surface area (Å²) in [5.41, 5.74) is -3.97. The Morgan fingerprint density at radius 1 is 0.788 bits per heavy atom. The third-order valence-corrected chi connectivity index (χ3v) is 5.13. The van der Waals surface area contributed by atoms with Gasteiger partial charge in [0.05, 0.1) is 0 Å². The Hall–Kier alpha value is -3.00. The van der Waals surface area contributed by atoms with Crippen molar-refractivity contribution in [2.24, 2.45) is 0 Å². The second-order valence-corrected chi connectivity index (χ2v) is 7.14. The molecule has 184 valence electrons. The van der Waals surface area contributed by atoms with Crippen LogP contribution >= 0.6 is 0 Å². The van der Waals surface area contributed by atoms with E-state index in [2.05, 4.69) is 19.4 Å². The molecular weight excluding hydrogens is 466 g/mol. The number of H-pyrrole nitrogens is 2. The first-order valence-electron chi connectivity index (χ1n) is 9.14. The highest BCUT2D eigenvalue weighted by Gasteiger charge is 2.46. The predicted molar refractivity (Wildman–Crippen MR) is 99.4 cm³/mol. The second kappa shape index (κ2) is 9.09. The lowest BCUT2D eigenvalue weighted by Gasteiger charge is -2.22. The van der Waals surface area contributed by atoms with Crippen molar-refractivity contribution in [3.05, 3.63) is 45.0 Å². The molecule has 0 aliphatic rings. The summed E-state index contributed by atoms with van der Waals surface area (Å²) in [6.45, 7) is 2.18. The number of carbonyl (C=O) groups is 2. The largest absolute Gasteiger partial charge is 0.477 e. The molecule has 0 bridgehead atoms. The molecule has 8 nitrogen and oxygen atoms in total. The van der Waals surface area contributed by atoms with E-state index in [0.29, 0.717) is 0 Å². The van der Waals surface area contributed by atoms with E-state index >= 15 is 0 Å². The Bertz CT molecular complexity index is 971. The Balaban J connectivity index is 2.80. The summed E-state index contributed by atoms with van der Waals surface area (Å²) >= 11 is 0. The van der Waals surface area contributed by atoms with Crippen LogP contribution in [0.3, 0.4) is 0 Å². The molecule has 0 amide bonds. The standard InChI is InChI=1S/C19H20F6N2O6/c1-6-10(14(32-3)18(20,21)22)8(26-12(6)16(28)29)5-9-11(15(33-4)19(23,24)25)7(2)13(27-9)17(30)31/h14-15,26-27H,5H2,1-4H3,(H,28,29)(H,30,31). The van der Waals surface area contributed by atoms with Crippen molar-refractivity contribution >= 4 is 11.9 Å². The molecule has 0 aliphatic carbocycles. The maximum atomic E-state index is 13.6. The van der Waals surface area contributed by atoms with Crippen molar-refractivity contribution in [1.82, 2.24) is 9.97 Å². The van der Waals surface area contributed by atoms with Gasteiger partial charge in [0.2, 0.25) is 0 Å². The lowest BCUT2D eigenvalue weighted by molar-refractivity contribution is -0.216. The number of methoxy groups -OCH3 is 2. The molecular formula is C19H20F6N2O6. The van der Waals surface area contributed by atoms with Gasteiger partial charge < -0.3 is 29.7 Å². The molecule has 0 saturated carbocycles. The average molecular weight is 486 g/mol. The van der Waals surface area contributed by atoms with Crippen LogP contribution in [0.1, 0.15) is 66.8 Å². The summed E-state index contributed by atoms with van der Waals surface area (Å²) in [5, 5.41) is 18.7. The molecule has 2 aromatic heterocycles. The van der Waals surface area contributed by atoms with E-state index in [0.717, 1.165) is 28.1 Å². The molecule has 0 fully saturated rings. The summed E-state index contributed by atoms with van der Waals surface area (Å²) in [6, 6.07) is 0. The van der Waals surface area contributed by atoms with Gasteiger partial charge in [0, 0.05) is 43.2 Å². The van der Waals surface area contributed by atoms with Crippen molar-refractivity contribution in [2.75, 3.05) is 14.2 Å². The number of ether oxygens (including phenoxy) is 2. The number of aromatic nitrogens is 2. The fourth-order valence-corrected chi connectivity index (χ4v) is 3.77. The minimum atomic E-state index is -4.98. The van der Waals surface area contributed by atoms with E-state index in [4.69, 9.17) is 0 Å². The Kier molecular flexibility index (Phi) is 7.24. The number of rotatable bonds is 8. The highest BCUT2D eigenvalue weighted by atomic mass is 19.4. The molecule has 2 unspecified atom stereocenters. The molecule has 2 atom stereocenters. The van der Waals surface area contributed by atoms with E-state index in [9.17, 15) is 46.1 Å². The van der Waals surface area contributed by atoms with Crippen molar-refractivity contribution < 1.29 is 55.6 Å². The van der Waals surface area contributed by atoms with Crippen LogP contribution in [0.5, 0.6) is 0 Å². The van der Waals surface area contributed by atoms with Crippen molar-refractivity contribution in [3.8, 4) is 0 Å². The van der Waals surface area contributed by atoms with Gasteiger partial charge in [0.25, 0.3) is 0 Å². The molecule has 0 aliphatic heterocycles. The zero-order chi connectivity index (χ0) is 25.5. The van der Waals surface area contributed by atoms with Gasteiger partial charge in [-0.25, -0.2) is 9.59 Å². The lowest BCUT2D eigenvalue weighted by atomic mass is 9.97. The van der Waals surface area contributed by atoms with E-state index in [-0.39, 0.29) is 11.1 Å². The molecule has 14 heteroatoms. The molecule has 0 spiro atoms. The van der Waals surface area contributed by atoms with Gasteiger partial charge in [0.15, 0.2) is 12.2 Å². The van der Waals surface area contributed by atoms with Gasteiger partial charge in [-0.05, 0) is 25.0 Å². The van der Waals surface area contributed by atoms with Crippen molar-refractivity contribution in [3.63, 3.8) is 0 Å². The van der Waals surface area contributed by atoms with Crippen molar-refractivity contribution in [2.45, 2.75) is 44.8 Å². The van der Waals surface area contributed by atoms with Crippen molar-refractivity contribution in [1.29, 1.82) is 0 Å². The van der Waals surface area contributed by atoms with Gasteiger partial charge in [-0.15, -0.1) is 0 Å². The van der Waals surface area contributed by atoms with Crippen LogP contribution in [0.4, 0.5) is 26.3 Å². The molecule has 4 N–H and O–H groups in total. The van der Waals surface area contributed by atoms with Gasteiger partial charge >= 0.3 is 24.3 Å². The third kappa shape index (κ3) is 5.00. The number of carboxylic acid groups (broad SMARTS) is 2. The van der Waals surface area contributed by atoms with Gasteiger partial charge in [-0.3, -0.25) is 0 Å². The Morgan fingerprint density at radius 3 is 1.30 bits per heavy atom. The predicted octanol–water partition coefficient (Wildman–Crippen LogP) is 4.45. The van der Waals surface area contributed by atoms with Crippen LogP contribution in [0, 0.1) is 13.8 Å². The fraction of sp³-hybridized carbons (Fsp3) is 0.474. The number of hydrogen-bond donors (Lipinski definition) is 4. The number of nitrogens with one attached hydrogen (secondary N) is 2. The highest BCUT2D eigenvalue weighted by molar-refractivity contribution is 5.89. The lowest BCUT2D eigenvalue weighted by Crippen LogP contribution is -2.25. The monoisotopic (exact) mass is 486 g/mol. The first-order valence-corrected chi connectivity index (χ1v) is 9.14. The number of hydrogen-bond acceptors (Lipinski definition) is 4. The summed E-state index contributed by atoms with van der Waals surface area (Å²) in [5.74, 6) is -3.20. The first kappa shape index (κ1) is 26.3. The molecule has 2 aromatic rings. The second-order valence-electron chi connectivity index (χ2n) is 7.14. The number of aromatic amines is 2. The van der Waals surface area contributed by atoms with Gasteiger partial charge in [-0.2, -0.15) is 26.3 Å². The topological polar surface area (TPSA) is 125 Å². The van der Waals surface area contributed by atoms with Crippen LogP contribution < -0.4 is 0 Å². The minimum absolute atomic E-state index is 0.330. The minimum Gasteiger partial charge on any atom is -0.477 e. The zero-order valence-corrected chi connectivity index (χ0v) is 17.7. The van der Waals surface area contributed by atoms with E-state index < -0.39 is 76.8 Å². The number of alkyl halides is 6. The maximum Gasteiger partial charge on any atom is 0.418 e. The fourth-order valence-electron chi connectivity index (χ4n) is 3.77. The van der Waals surface area contributed by atoms with Crippen LogP contribution in [0.25, 0.3) is 0 Å². The molecule has 2 rings (SSSR count). The zero-order valence-electron chi connectivity index (χ0n) is 17.7. The number of aromatic carboxylic acids is 2. The highest BCUT2D eigenvalue weighted by Crippen LogP contribution is 2.43. The third-order valence-electron chi connectivity index (χ3n) is 5.13. The van der Waals surface area contributed by atoms with Crippen LogP contribution in [-0.2, 0) is 15.9 Å². The summed E-state index contributed by atoms with van der Waals surface area (Å²) in [7, 11) is 1.48. The summed E-state index contributed by atoms with van der Waals surface area (Å²) in [4.78, 5) is 27.6. The average Bonchev–Trinajstić information content (AvgIpc) is 3.14. The van der Waals surface area contributed by atoms with Crippen LogP contribution in [0.15, 0.2) is 0 Å². The Morgan fingerprint density at radius 2 is 1.09 bits per heavy atom. The number of carboxylic acids is 2. The quantitative estimate of drug-likeness (QED) is 0.409. The molecule has 0 aromatic carbocycles. The smallest absolute Gasteiger partial charge is 0.418 e. The number of halogens is 6. The maximum absolute atomic E-state index is 13.6. The molecule has 0 saturated heterocycles. The van der Waals surface area contributed by atoms with E-state index in [1.807, 2.05) is 0 Å². The van der Waals surface area contributed by atoms with Crippen LogP contribution in [0.2, 0.25) is 0 Å². The summed E-state index contributed by atoms with van der Waals surface area (Å²) in [6.07, 6.45) is -15.9. The SMILES string of the molecule is COC(c1c(Cc2[nH]c(C(=O)O)c(C)c2C(OC)C(F)(F)F)[nH]c(C(=O)O)c1C)C(F)(F)F. The molecule has 0 radical (unpaired) electrons.